The fraction of sp³-hybridized carbons (Fsp3) is 0.765. The van der Waals surface area contributed by atoms with Gasteiger partial charge in [-0.25, -0.2) is 0 Å². The van der Waals surface area contributed by atoms with Crippen LogP contribution in [0.1, 0.15) is 27.7 Å². The molecular weight excluding hydrogens is 1280 g/mol. The minimum absolute atomic E-state index is 0. The zero-order valence-corrected chi connectivity index (χ0v) is 64.2. The molecule has 0 rings (SSSR count). The Morgan fingerprint density at radius 1 is 0.226 bits per heavy atom. The van der Waals surface area contributed by atoms with Crippen LogP contribution in [0, 0.1) is 0 Å². The van der Waals surface area contributed by atoms with Crippen LogP contribution in [-0.2, 0) is 38.4 Å². The molecule has 0 radical (unpaired) electrons. The van der Waals surface area contributed by atoms with E-state index in [2.05, 4.69) is 0 Å². The third-order valence-electron chi connectivity index (χ3n) is 3.48. The summed E-state index contributed by atoms with van der Waals surface area (Å²) in [5.74, 6) is -10.5. The molecule has 0 amide bonds. The molecule has 0 bridgehead atoms. The fourth-order valence-electron chi connectivity index (χ4n) is 1.44. The zero-order chi connectivity index (χ0) is 57.3. The third-order valence-corrected chi connectivity index (χ3v) is 3.48. The van der Waals surface area contributed by atoms with Crippen molar-refractivity contribution in [2.45, 2.75) is 27.7 Å². The summed E-state index contributed by atoms with van der Waals surface area (Å²) in [6.07, 6.45) is 0. The third kappa shape index (κ3) is 492. The number of rotatable bonds is 19. The van der Waals surface area contributed by atoms with E-state index in [1.807, 2.05) is 0 Å². The number of carboxylic acids is 8. The fourth-order valence-corrected chi connectivity index (χ4v) is 1.44. The molecule has 434 valence electrons. The van der Waals surface area contributed by atoms with E-state index < -0.39 is 73.9 Å². The molecule has 0 aromatic heterocycles. The summed E-state index contributed by atoms with van der Waals surface area (Å²) >= 11 is 0. The first-order valence-electron chi connectivity index (χ1n) is 19.6. The van der Waals surface area contributed by atoms with Gasteiger partial charge in [-0.15, -0.1) is 0 Å². The van der Waals surface area contributed by atoms with Gasteiger partial charge in [0.15, 0.2) is 0 Å². The number of carboxylic acid groups (broad SMARTS) is 8. The molecule has 34 nitrogen and oxygen atoms in total. The quantitative estimate of drug-likeness (QED) is 0.0534. The molecule has 32 N–H and O–H groups in total. The van der Waals surface area contributed by atoms with Crippen molar-refractivity contribution in [3.63, 3.8) is 0 Å². The summed E-state index contributed by atoms with van der Waals surface area (Å²) in [5, 5.41) is 77.2. The summed E-state index contributed by atoms with van der Waals surface area (Å²) in [7, 11) is 0. The van der Waals surface area contributed by atoms with Gasteiger partial charge >= 0.3 is 473 Å². The number of carbonyl (C=O) groups excluding carboxylic acids is 8. The second-order valence-electron chi connectivity index (χ2n) is 10.5. The van der Waals surface area contributed by atoms with Crippen LogP contribution in [0.3, 0.4) is 0 Å². The van der Waals surface area contributed by atoms with Gasteiger partial charge in [-0.05, 0) is 27.7 Å². The summed E-state index contributed by atoms with van der Waals surface area (Å²) in [4.78, 5) is 79.0. The first kappa shape index (κ1) is 193. The van der Waals surface area contributed by atoms with Gasteiger partial charge in [0.25, 0.3) is 0 Å². The predicted octanol–water partition coefficient (Wildman–Crippen LogP) is -50.3. The molecule has 0 aromatic rings. The molecular formula is C34H96N18Na16O16. The maximum absolute atomic E-state index is 10.4. The van der Waals surface area contributed by atoms with Crippen LogP contribution in [0.5, 0.6) is 0 Å². The van der Waals surface area contributed by atoms with Gasteiger partial charge in [0.1, 0.15) is 0 Å². The Labute approximate surface area is 854 Å². The Balaban J connectivity index is -0.0000000152. The Bertz CT molecular complexity index is 883. The topological polar surface area (TPSA) is 744 Å². The van der Waals surface area contributed by atoms with E-state index in [4.69, 9.17) is 131 Å². The van der Waals surface area contributed by atoms with Gasteiger partial charge in [-0.2, -0.15) is 0 Å². The Morgan fingerprint density at radius 2 is 0.286 bits per heavy atom. The van der Waals surface area contributed by atoms with Gasteiger partial charge in [-0.1, -0.05) is 0 Å². The molecule has 84 heavy (non-hydrogen) atoms. The van der Waals surface area contributed by atoms with E-state index in [1.165, 1.54) is 0 Å². The van der Waals surface area contributed by atoms with Crippen molar-refractivity contribution in [1.82, 2.24) is 9.80 Å². The summed E-state index contributed by atoms with van der Waals surface area (Å²) in [6, 6.07) is 0. The number of hydrogen-bond acceptors (Lipinski definition) is 34. The van der Waals surface area contributed by atoms with Crippen LogP contribution in [0.15, 0.2) is 0 Å². The predicted molar refractivity (Wildman–Crippen MR) is 298 cm³/mol. The standard InChI is InChI=1S/C10H16N2O8.8C2H8N2.4C2H4O2.16Na.8H/c13-7(14)3-11(4-8(15)16)1-2-12(5-9(17)18)6-10(19)20;8*3-1-2-4;4*1-2(3)4;;;;;;;;;;;;;;;;;;;;;;;;/h1-6H2,(H,13,14)(H,15,16)(H,17,18)(H,19,20);8*1-4H2;4*1H3,(H,3,4);;;;;;;;;;;;;;;;;;;;;;;;/q;;;;;;;;;;;;;;;;;;;;;8*+1;;;;;;;;/p-8. The van der Waals surface area contributed by atoms with Gasteiger partial charge < -0.3 is 171 Å². The van der Waals surface area contributed by atoms with Gasteiger partial charge in [0.05, 0.1) is 23.9 Å². The Kier molecular flexibility index (Phi) is 470. The van der Waals surface area contributed by atoms with Crippen LogP contribution >= 0.6 is 0 Å². The second kappa shape index (κ2) is 205. The molecule has 50 heteroatoms. The molecule has 0 fully saturated rings. The van der Waals surface area contributed by atoms with E-state index in [-0.39, 0.29) is 486 Å². The van der Waals surface area contributed by atoms with Crippen LogP contribution < -0.4 is 369 Å². The first-order valence-corrected chi connectivity index (χ1v) is 19.6. The van der Waals surface area contributed by atoms with Crippen molar-refractivity contribution >= 4 is 284 Å². The molecule has 0 aliphatic carbocycles. The first-order chi connectivity index (χ1) is 31.4. The van der Waals surface area contributed by atoms with Crippen molar-refractivity contribution in [1.29, 1.82) is 0 Å². The van der Waals surface area contributed by atoms with E-state index >= 15 is 0 Å². The molecule has 0 heterocycles. The van der Waals surface area contributed by atoms with Gasteiger partial charge in [0.2, 0.25) is 0 Å². The average molecular weight is 1380 g/mol. The summed E-state index contributed by atoms with van der Waals surface area (Å²) in [5.41, 5.74) is 78.4. The van der Waals surface area contributed by atoms with Gasteiger partial charge in [-0.3, -0.25) is 9.80 Å². The second-order valence-corrected chi connectivity index (χ2v) is 10.5. The molecule has 0 aliphatic heterocycles. The van der Waals surface area contributed by atoms with E-state index in [0.29, 0.717) is 105 Å². The minimum atomic E-state index is -1.53. The van der Waals surface area contributed by atoms with Crippen LogP contribution in [0.25, 0.3) is 0 Å². The maximum atomic E-state index is 10.4. The van der Waals surface area contributed by atoms with Gasteiger partial charge in [0, 0.05) is 168 Å². The number of aliphatic carboxylic acids is 8. The molecule has 0 aliphatic rings. The van der Waals surface area contributed by atoms with E-state index in [1.54, 1.807) is 0 Å². The zero-order valence-electron chi connectivity index (χ0n) is 48.2. The van der Waals surface area contributed by atoms with Crippen LogP contribution in [0.4, 0.5) is 0 Å². The van der Waals surface area contributed by atoms with Crippen molar-refractivity contribution in [3.05, 3.63) is 0 Å². The Hall–Kier alpha value is 11.0. The average Bonchev–Trinajstić information content (AvgIpc) is 3.24. The number of hydrogen-bond donors (Lipinski definition) is 16. The number of nitrogens with zero attached hydrogens (tertiary/aromatic N) is 2. The molecule has 0 saturated carbocycles. The van der Waals surface area contributed by atoms with Crippen LogP contribution in [0.2, 0.25) is 0 Å². The number of nitrogens with two attached hydrogens (primary N) is 16. The summed E-state index contributed by atoms with van der Waals surface area (Å²) in [6.45, 7) is 10.2. The molecule has 0 spiro atoms. The van der Waals surface area contributed by atoms with E-state index in [9.17, 15) is 39.6 Å². The molecule has 0 atom stereocenters. The SMILES string of the molecule is CC(=O)[O-].CC(=O)[O-].CC(=O)[O-].CC(=O)[O-].NCCN.NCCN.NCCN.NCCN.NCCN.NCCN.NCCN.NCCN.O=C([O-])CN(CCN(CC(=O)[O-])CC(=O)[O-])CC(=O)[O-].[Na+].[Na+].[Na+].[Na+].[Na+].[Na+].[Na+].[Na+].[NaH].[NaH].[NaH].[NaH].[NaH].[NaH].[NaH].[NaH]. The van der Waals surface area contributed by atoms with E-state index in [0.717, 1.165) is 37.5 Å². The Morgan fingerprint density at radius 3 is 0.321 bits per heavy atom. The van der Waals surface area contributed by atoms with Crippen molar-refractivity contribution < 1.29 is 316 Å². The van der Waals surface area contributed by atoms with Crippen LogP contribution in [-0.4, -0.2) is 438 Å². The van der Waals surface area contributed by atoms with Crippen molar-refractivity contribution in [3.8, 4) is 0 Å². The normalized spacial score (nSPS) is 6.60. The summed E-state index contributed by atoms with van der Waals surface area (Å²) < 4.78 is 0. The molecule has 0 aromatic carbocycles. The monoisotopic (exact) mass is 1380 g/mol. The molecule has 0 unspecified atom stereocenters. The van der Waals surface area contributed by atoms with Crippen molar-refractivity contribution in [2.24, 2.45) is 91.7 Å². The van der Waals surface area contributed by atoms with Crippen molar-refractivity contribution in [2.75, 3.05) is 144 Å². The number of carbonyl (C=O) groups is 8. The molecule has 0 saturated heterocycles.